The van der Waals surface area contributed by atoms with Crippen LogP contribution in [0.15, 0.2) is 24.3 Å². The molecule has 28 heavy (non-hydrogen) atoms. The molecule has 2 aliphatic rings. The van der Waals surface area contributed by atoms with Crippen molar-refractivity contribution in [3.8, 4) is 6.07 Å². The summed E-state index contributed by atoms with van der Waals surface area (Å²) >= 11 is 0. The summed E-state index contributed by atoms with van der Waals surface area (Å²) in [7, 11) is 0. The number of hydrogen-bond acceptors (Lipinski definition) is 3. The van der Waals surface area contributed by atoms with Gasteiger partial charge in [0.05, 0.1) is 18.2 Å². The van der Waals surface area contributed by atoms with Gasteiger partial charge in [0.2, 0.25) is 0 Å². The molecule has 0 bridgehead atoms. The molecule has 4 nitrogen and oxygen atoms in total. The van der Waals surface area contributed by atoms with E-state index in [9.17, 15) is 9.18 Å². The summed E-state index contributed by atoms with van der Waals surface area (Å²) < 4.78 is 19.6. The van der Waals surface area contributed by atoms with Crippen LogP contribution in [0.5, 0.6) is 0 Å². The molecule has 2 aromatic carbocycles. The van der Waals surface area contributed by atoms with Crippen molar-refractivity contribution in [1.82, 2.24) is 4.90 Å². The number of fused-ring (bicyclic) bond motifs is 1. The second kappa shape index (κ2) is 7.37. The van der Waals surface area contributed by atoms with Crippen LogP contribution in [0, 0.1) is 31.0 Å². The number of amides is 1. The molecule has 2 heterocycles. The van der Waals surface area contributed by atoms with Gasteiger partial charge in [-0.25, -0.2) is 4.39 Å². The Hall–Kier alpha value is -2.71. The lowest BCUT2D eigenvalue weighted by Gasteiger charge is -2.30. The van der Waals surface area contributed by atoms with Crippen LogP contribution in [0.4, 0.5) is 4.39 Å². The largest absolute Gasteiger partial charge is 0.379 e. The molecule has 1 fully saturated rings. The van der Waals surface area contributed by atoms with Gasteiger partial charge in [-0.15, -0.1) is 0 Å². The SMILES string of the molecule is Cc1c(Cc2ccc(C#N)c(F)c2)cc2c(c1C)CN(C1CCCOC1)C2=O. The Labute approximate surface area is 164 Å². The summed E-state index contributed by atoms with van der Waals surface area (Å²) in [5.41, 5.74) is 6.00. The molecule has 0 spiro atoms. The topological polar surface area (TPSA) is 53.3 Å². The van der Waals surface area contributed by atoms with Crippen molar-refractivity contribution in [2.75, 3.05) is 13.2 Å². The van der Waals surface area contributed by atoms with E-state index in [2.05, 4.69) is 13.8 Å². The normalized spacial score (nSPS) is 18.9. The van der Waals surface area contributed by atoms with E-state index < -0.39 is 5.82 Å². The molecule has 1 unspecified atom stereocenters. The van der Waals surface area contributed by atoms with Gasteiger partial charge in [-0.3, -0.25) is 4.79 Å². The molecule has 2 aromatic rings. The Morgan fingerprint density at radius 1 is 1.29 bits per heavy atom. The molecule has 0 saturated carbocycles. The first-order valence-electron chi connectivity index (χ1n) is 9.68. The zero-order valence-electron chi connectivity index (χ0n) is 16.2. The lowest BCUT2D eigenvalue weighted by molar-refractivity contribution is 0.0179. The highest BCUT2D eigenvalue weighted by Gasteiger charge is 2.35. The first-order chi connectivity index (χ1) is 13.5. The van der Waals surface area contributed by atoms with Gasteiger partial charge >= 0.3 is 0 Å². The van der Waals surface area contributed by atoms with E-state index >= 15 is 0 Å². The predicted molar refractivity (Wildman–Crippen MR) is 104 cm³/mol. The second-order valence-electron chi connectivity index (χ2n) is 7.72. The number of benzene rings is 2. The van der Waals surface area contributed by atoms with Crippen molar-refractivity contribution in [3.63, 3.8) is 0 Å². The molecule has 2 aliphatic heterocycles. The zero-order chi connectivity index (χ0) is 19.8. The fourth-order valence-corrected chi connectivity index (χ4v) is 4.26. The Morgan fingerprint density at radius 2 is 2.11 bits per heavy atom. The first-order valence-corrected chi connectivity index (χ1v) is 9.68. The molecule has 4 rings (SSSR count). The summed E-state index contributed by atoms with van der Waals surface area (Å²) in [6, 6.07) is 8.66. The van der Waals surface area contributed by atoms with Crippen LogP contribution in [-0.2, 0) is 17.7 Å². The van der Waals surface area contributed by atoms with Gasteiger partial charge in [0.25, 0.3) is 5.91 Å². The second-order valence-corrected chi connectivity index (χ2v) is 7.72. The van der Waals surface area contributed by atoms with Gasteiger partial charge < -0.3 is 9.64 Å². The number of nitriles is 1. The number of carbonyl (C=O) groups is 1. The summed E-state index contributed by atoms with van der Waals surface area (Å²) in [6.45, 7) is 6.14. The van der Waals surface area contributed by atoms with Crippen LogP contribution in [0.25, 0.3) is 0 Å². The molecule has 5 heteroatoms. The Morgan fingerprint density at radius 3 is 2.79 bits per heavy atom. The van der Waals surface area contributed by atoms with Crippen LogP contribution in [0.2, 0.25) is 0 Å². The Balaban J connectivity index is 1.65. The van der Waals surface area contributed by atoms with Crippen molar-refractivity contribution >= 4 is 5.91 Å². The number of carbonyl (C=O) groups excluding carboxylic acids is 1. The van der Waals surface area contributed by atoms with Gasteiger partial charge in [0, 0.05) is 18.7 Å². The molecular weight excluding hydrogens is 355 g/mol. The number of rotatable bonds is 3. The van der Waals surface area contributed by atoms with E-state index in [4.69, 9.17) is 10.00 Å². The van der Waals surface area contributed by atoms with Crippen LogP contribution in [-0.4, -0.2) is 30.1 Å². The van der Waals surface area contributed by atoms with E-state index in [-0.39, 0.29) is 17.5 Å². The van der Waals surface area contributed by atoms with Gasteiger partial charge in [-0.1, -0.05) is 6.07 Å². The molecule has 0 aliphatic carbocycles. The standard InChI is InChI=1S/C23H23FN2O2/c1-14-15(2)21-12-26(19-4-3-7-28-13-19)23(27)20(21)10-18(14)8-16-5-6-17(11-25)22(24)9-16/h5-6,9-10,19H,3-4,7-8,12-13H2,1-2H3. The summed E-state index contributed by atoms with van der Waals surface area (Å²) in [6.07, 6.45) is 2.50. The molecule has 1 amide bonds. The van der Waals surface area contributed by atoms with E-state index in [1.165, 1.54) is 12.1 Å². The van der Waals surface area contributed by atoms with Crippen LogP contribution < -0.4 is 0 Å². The lowest BCUT2D eigenvalue weighted by atomic mass is 9.91. The predicted octanol–water partition coefficient (Wildman–Crippen LogP) is 4.04. The minimum atomic E-state index is -0.505. The van der Waals surface area contributed by atoms with Crippen molar-refractivity contribution < 1.29 is 13.9 Å². The zero-order valence-corrected chi connectivity index (χ0v) is 16.2. The van der Waals surface area contributed by atoms with Gasteiger partial charge in [0.1, 0.15) is 11.9 Å². The molecule has 0 radical (unpaired) electrons. The van der Waals surface area contributed by atoms with E-state index in [0.29, 0.717) is 19.6 Å². The van der Waals surface area contributed by atoms with Crippen LogP contribution >= 0.6 is 0 Å². The first kappa shape index (κ1) is 18.6. The summed E-state index contributed by atoms with van der Waals surface area (Å²) in [5, 5.41) is 8.91. The average molecular weight is 378 g/mol. The maximum absolute atomic E-state index is 14.0. The third kappa shape index (κ3) is 3.18. The van der Waals surface area contributed by atoms with Crippen LogP contribution in [0.3, 0.4) is 0 Å². The van der Waals surface area contributed by atoms with Gasteiger partial charge in [0.15, 0.2) is 0 Å². The summed E-state index contributed by atoms with van der Waals surface area (Å²) in [5.74, 6) is -0.434. The van der Waals surface area contributed by atoms with Crippen LogP contribution in [0.1, 0.15) is 56.6 Å². The molecule has 0 N–H and O–H groups in total. The van der Waals surface area contributed by atoms with Crippen molar-refractivity contribution in [1.29, 1.82) is 5.26 Å². The lowest BCUT2D eigenvalue weighted by Crippen LogP contribution is -2.41. The fourth-order valence-electron chi connectivity index (χ4n) is 4.26. The highest BCUT2D eigenvalue weighted by atomic mass is 19.1. The maximum Gasteiger partial charge on any atom is 0.254 e. The van der Waals surface area contributed by atoms with E-state index in [1.54, 1.807) is 6.07 Å². The third-order valence-corrected chi connectivity index (χ3v) is 6.09. The monoisotopic (exact) mass is 378 g/mol. The minimum Gasteiger partial charge on any atom is -0.379 e. The van der Waals surface area contributed by atoms with Gasteiger partial charge in [-0.2, -0.15) is 5.26 Å². The van der Waals surface area contributed by atoms with Crippen molar-refractivity contribution in [3.05, 3.63) is 69.0 Å². The molecular formula is C23H23FN2O2. The number of hydrogen-bond donors (Lipinski definition) is 0. The third-order valence-electron chi connectivity index (χ3n) is 6.09. The average Bonchev–Trinajstić information content (AvgIpc) is 3.03. The number of nitrogens with zero attached hydrogens (tertiary/aromatic N) is 2. The highest BCUT2D eigenvalue weighted by Crippen LogP contribution is 2.33. The van der Waals surface area contributed by atoms with E-state index in [1.807, 2.05) is 17.0 Å². The number of ether oxygens (including phenoxy) is 1. The van der Waals surface area contributed by atoms with E-state index in [0.717, 1.165) is 52.8 Å². The quantitative estimate of drug-likeness (QED) is 0.810. The highest BCUT2D eigenvalue weighted by molar-refractivity contribution is 5.99. The Bertz CT molecular complexity index is 987. The molecule has 144 valence electrons. The molecule has 0 aromatic heterocycles. The Kier molecular flexibility index (Phi) is 4.91. The number of halogens is 1. The smallest absolute Gasteiger partial charge is 0.254 e. The minimum absolute atomic E-state index is 0.0473. The van der Waals surface area contributed by atoms with Crippen molar-refractivity contribution in [2.45, 2.75) is 45.7 Å². The summed E-state index contributed by atoms with van der Waals surface area (Å²) in [4.78, 5) is 15.0. The fraction of sp³-hybridized carbons (Fsp3) is 0.391. The van der Waals surface area contributed by atoms with Crippen molar-refractivity contribution in [2.24, 2.45) is 0 Å². The van der Waals surface area contributed by atoms with Gasteiger partial charge in [-0.05, 0) is 79.1 Å². The maximum atomic E-state index is 14.0. The molecule has 1 saturated heterocycles. The molecule has 1 atom stereocenters.